The van der Waals surface area contributed by atoms with E-state index in [1.165, 1.54) is 32.3 Å². The molecule has 0 aliphatic rings. The van der Waals surface area contributed by atoms with E-state index in [2.05, 4.69) is 73.0 Å². The van der Waals surface area contributed by atoms with Gasteiger partial charge in [0.2, 0.25) is 0 Å². The van der Waals surface area contributed by atoms with Gasteiger partial charge in [-0.05, 0) is 44.5 Å². The maximum absolute atomic E-state index is 3.66. The van der Waals surface area contributed by atoms with Gasteiger partial charge in [0.25, 0.3) is 0 Å². The minimum Gasteiger partial charge on any atom is -0.0906 e. The first-order chi connectivity index (χ1) is 9.88. The second-order valence-electron chi connectivity index (χ2n) is 4.94. The molecule has 4 aromatic carbocycles. The van der Waals surface area contributed by atoms with Crippen LogP contribution in [0.15, 0.2) is 67.3 Å². The number of rotatable bonds is 0. The van der Waals surface area contributed by atoms with Gasteiger partial charge < -0.3 is 0 Å². The van der Waals surface area contributed by atoms with Crippen molar-refractivity contribution >= 4 is 32.3 Å². The van der Waals surface area contributed by atoms with Crippen LogP contribution in [0.2, 0.25) is 0 Å². The zero-order chi connectivity index (χ0) is 13.5. The molecule has 0 saturated carbocycles. The third-order valence-electron chi connectivity index (χ3n) is 3.84. The fraction of sp³-hybridized carbons (Fsp3) is 0. The van der Waals surface area contributed by atoms with Gasteiger partial charge in [0.05, 0.1) is 0 Å². The molecular formula is C20H12. The molecule has 0 heterocycles. The van der Waals surface area contributed by atoms with Crippen molar-refractivity contribution in [1.29, 1.82) is 0 Å². The lowest BCUT2D eigenvalue weighted by molar-refractivity contribution is 1.74. The van der Waals surface area contributed by atoms with Crippen molar-refractivity contribution in [3.63, 3.8) is 0 Å². The van der Waals surface area contributed by atoms with Crippen LogP contribution >= 0.6 is 0 Å². The van der Waals surface area contributed by atoms with Crippen molar-refractivity contribution in [2.24, 2.45) is 0 Å². The van der Waals surface area contributed by atoms with Crippen molar-refractivity contribution in [3.8, 4) is 11.8 Å². The molecule has 0 atom stereocenters. The van der Waals surface area contributed by atoms with Crippen LogP contribution in [-0.4, -0.2) is 0 Å². The molecule has 0 spiro atoms. The van der Waals surface area contributed by atoms with E-state index in [1.807, 2.05) is 0 Å². The van der Waals surface area contributed by atoms with Crippen LogP contribution < -0.4 is 0 Å². The number of benzene rings is 4. The first-order valence-electron chi connectivity index (χ1n) is 6.67. The molecule has 0 heteroatoms. The summed E-state index contributed by atoms with van der Waals surface area (Å²) in [5.74, 6) is 6.13. The average Bonchev–Trinajstić information content (AvgIpc) is 2.51. The van der Waals surface area contributed by atoms with E-state index < -0.39 is 0 Å². The summed E-state index contributed by atoms with van der Waals surface area (Å²) >= 11 is 0. The molecule has 0 nitrogen and oxygen atoms in total. The molecule has 0 unspecified atom stereocenters. The summed E-state index contributed by atoms with van der Waals surface area (Å²) in [5.41, 5.74) is 1.07. The lowest BCUT2D eigenvalue weighted by Gasteiger charge is -2.11. The van der Waals surface area contributed by atoms with Gasteiger partial charge in [0.15, 0.2) is 0 Å². The van der Waals surface area contributed by atoms with Gasteiger partial charge in [-0.2, -0.15) is 0 Å². The largest absolute Gasteiger partial charge is 0.0906 e. The summed E-state index contributed by atoms with van der Waals surface area (Å²) in [6, 6.07) is 19.4. The second-order valence-corrected chi connectivity index (χ2v) is 4.94. The highest BCUT2D eigenvalue weighted by Gasteiger charge is 2.09. The van der Waals surface area contributed by atoms with Crippen LogP contribution in [0.25, 0.3) is 32.3 Å². The molecule has 0 saturated heterocycles. The smallest absolute Gasteiger partial charge is 0.0327 e. The highest BCUT2D eigenvalue weighted by Crippen LogP contribution is 2.35. The molecule has 0 aliphatic heterocycles. The van der Waals surface area contributed by atoms with E-state index in [-0.39, 0.29) is 0 Å². The zero-order valence-corrected chi connectivity index (χ0v) is 11.0. The second kappa shape index (κ2) is 4.11. The summed E-state index contributed by atoms with van der Waals surface area (Å²) in [6.07, 6.45) is 1.64. The van der Waals surface area contributed by atoms with E-state index in [4.69, 9.17) is 0 Å². The van der Waals surface area contributed by atoms with E-state index in [9.17, 15) is 0 Å². The van der Waals surface area contributed by atoms with Gasteiger partial charge in [-0.3, -0.25) is 0 Å². The predicted octanol–water partition coefficient (Wildman–Crippen LogP) is 5.12. The molecule has 0 aliphatic carbocycles. The Hall–Kier alpha value is -2.78. The van der Waals surface area contributed by atoms with E-state index in [0.29, 0.717) is 0 Å². The third-order valence-corrected chi connectivity index (χ3v) is 3.84. The summed E-state index contributed by atoms with van der Waals surface area (Å²) in [7, 11) is 0. The Morgan fingerprint density at radius 1 is 0.750 bits per heavy atom. The van der Waals surface area contributed by atoms with Crippen molar-refractivity contribution in [2.45, 2.75) is 0 Å². The van der Waals surface area contributed by atoms with Crippen LogP contribution in [-0.2, 0) is 0 Å². The van der Waals surface area contributed by atoms with Crippen molar-refractivity contribution in [2.75, 3.05) is 0 Å². The van der Waals surface area contributed by atoms with Crippen molar-refractivity contribution in [1.82, 2.24) is 0 Å². The molecule has 0 aromatic heterocycles. The maximum Gasteiger partial charge on any atom is 0.0327 e. The molecule has 20 heavy (non-hydrogen) atoms. The molecular weight excluding hydrogens is 240 g/mol. The molecule has 0 radical (unpaired) electrons. The summed E-state index contributed by atoms with van der Waals surface area (Å²) in [5, 5.41) is 7.72. The molecule has 0 amide bonds. The zero-order valence-electron chi connectivity index (χ0n) is 11.0. The normalized spacial score (nSPS) is 10.8. The van der Waals surface area contributed by atoms with Crippen LogP contribution in [0.5, 0.6) is 0 Å². The van der Waals surface area contributed by atoms with E-state index >= 15 is 0 Å². The lowest BCUT2D eigenvalue weighted by Crippen LogP contribution is -1.86. The van der Waals surface area contributed by atoms with Gasteiger partial charge in [0, 0.05) is 5.56 Å². The predicted molar refractivity (Wildman–Crippen MR) is 87.2 cm³/mol. The third kappa shape index (κ3) is 1.44. The lowest BCUT2D eigenvalue weighted by atomic mass is 9.92. The van der Waals surface area contributed by atoms with Crippen LogP contribution in [0.1, 0.15) is 5.56 Å². The van der Waals surface area contributed by atoms with E-state index in [1.54, 1.807) is 6.08 Å². The molecule has 0 bridgehead atoms. The molecule has 0 fully saturated rings. The first kappa shape index (κ1) is 11.1. The maximum atomic E-state index is 3.66. The molecule has 4 rings (SSSR count). The van der Waals surface area contributed by atoms with Gasteiger partial charge in [-0.15, -0.1) is 0 Å². The minimum absolute atomic E-state index is 1.07. The Morgan fingerprint density at radius 3 is 2.15 bits per heavy atom. The van der Waals surface area contributed by atoms with Gasteiger partial charge in [-0.25, -0.2) is 0 Å². The monoisotopic (exact) mass is 252 g/mol. The Balaban J connectivity index is 2.29. The fourth-order valence-electron chi connectivity index (χ4n) is 2.97. The number of allylic oxidation sites excluding steroid dienone is 1. The van der Waals surface area contributed by atoms with Gasteiger partial charge >= 0.3 is 0 Å². The summed E-state index contributed by atoms with van der Waals surface area (Å²) in [4.78, 5) is 0. The Morgan fingerprint density at radius 2 is 1.40 bits per heavy atom. The molecule has 0 N–H and O–H groups in total. The average molecular weight is 252 g/mol. The number of hydrogen-bond donors (Lipinski definition) is 0. The highest BCUT2D eigenvalue weighted by molar-refractivity contribution is 6.23. The quantitative estimate of drug-likeness (QED) is 0.301. The fourth-order valence-corrected chi connectivity index (χ4v) is 2.97. The molecule has 92 valence electrons. The van der Waals surface area contributed by atoms with Crippen LogP contribution in [0, 0.1) is 11.8 Å². The summed E-state index contributed by atoms with van der Waals surface area (Å²) < 4.78 is 0. The standard InChI is InChI=1S/C20H12/c1-2-3-5-14-8-9-17-11-10-15-6-4-7-16-12-13-18(14)20(17)19(15)16/h2,4,6-13H,1H2. The SMILES string of the molecule is C=CC#Cc1ccc2ccc3cccc4ccc1c2c34. The summed E-state index contributed by atoms with van der Waals surface area (Å²) in [6.45, 7) is 3.66. The highest BCUT2D eigenvalue weighted by atomic mass is 14.1. The van der Waals surface area contributed by atoms with Crippen LogP contribution in [0.4, 0.5) is 0 Å². The van der Waals surface area contributed by atoms with Crippen molar-refractivity contribution in [3.05, 3.63) is 72.8 Å². The Bertz CT molecular complexity index is 994. The Labute approximate surface area is 117 Å². The van der Waals surface area contributed by atoms with Gasteiger partial charge in [-0.1, -0.05) is 67.0 Å². The number of hydrogen-bond acceptors (Lipinski definition) is 0. The topological polar surface area (TPSA) is 0 Å². The molecule has 4 aromatic rings. The first-order valence-corrected chi connectivity index (χ1v) is 6.67. The van der Waals surface area contributed by atoms with Crippen molar-refractivity contribution < 1.29 is 0 Å². The van der Waals surface area contributed by atoms with Gasteiger partial charge in [0.1, 0.15) is 0 Å². The van der Waals surface area contributed by atoms with Crippen LogP contribution in [0.3, 0.4) is 0 Å². The van der Waals surface area contributed by atoms with E-state index in [0.717, 1.165) is 5.56 Å². The minimum atomic E-state index is 1.07. The Kier molecular flexibility index (Phi) is 2.28.